The quantitative estimate of drug-likeness (QED) is 0.255. The zero-order valence-corrected chi connectivity index (χ0v) is 17.3. The molecule has 3 aromatic rings. The topological polar surface area (TPSA) is 61.8 Å². The van der Waals surface area contributed by atoms with Gasteiger partial charge in [-0.15, -0.1) is 0 Å². The minimum atomic E-state index is -3.00. The first-order chi connectivity index (χ1) is 14.9. The van der Waals surface area contributed by atoms with E-state index in [9.17, 15) is 18.4 Å². The molecule has 156 valence electrons. The Labute approximate surface area is 184 Å². The van der Waals surface area contributed by atoms with Crippen LogP contribution >= 0.6 is 15.9 Å². The second-order valence-electron chi connectivity index (χ2n) is 6.38. The maximum absolute atomic E-state index is 12.6. The zero-order chi connectivity index (χ0) is 22.0. The van der Waals surface area contributed by atoms with E-state index in [1.807, 2.05) is 0 Å². The number of carbonyl (C=O) groups is 2. The van der Waals surface area contributed by atoms with Gasteiger partial charge in [-0.05, 0) is 52.3 Å². The molecule has 3 aromatic carbocycles. The average Bonchev–Trinajstić information content (AvgIpc) is 3.04. The van der Waals surface area contributed by atoms with E-state index < -0.39 is 18.4 Å². The van der Waals surface area contributed by atoms with Crippen LogP contribution in [-0.4, -0.2) is 18.4 Å². The summed E-state index contributed by atoms with van der Waals surface area (Å²) in [5, 5.41) is 0. The molecule has 0 spiro atoms. The number of ketones is 1. The van der Waals surface area contributed by atoms with Gasteiger partial charge in [-0.1, -0.05) is 30.3 Å². The SMILES string of the molecule is O=C(Oc1ccc2c(c1)O/C(=C\c1ccccc1OC(F)F)C2=O)c1ccccc1Br. The molecule has 0 saturated carbocycles. The van der Waals surface area contributed by atoms with Gasteiger partial charge in [0.05, 0.1) is 11.1 Å². The molecular formula is C23H13BrF2O5. The maximum atomic E-state index is 12.6. The number of carbonyl (C=O) groups excluding carboxylic acids is 2. The number of Topliss-reactive ketones (excluding diaryl/α,β-unsaturated/α-hetero) is 1. The largest absolute Gasteiger partial charge is 0.452 e. The molecule has 0 unspecified atom stereocenters. The van der Waals surface area contributed by atoms with Gasteiger partial charge in [-0.2, -0.15) is 8.78 Å². The Morgan fingerprint density at radius 3 is 2.55 bits per heavy atom. The third-order valence-electron chi connectivity index (χ3n) is 4.37. The minimum absolute atomic E-state index is 0.0606. The summed E-state index contributed by atoms with van der Waals surface area (Å²) < 4.78 is 41.3. The lowest BCUT2D eigenvalue weighted by molar-refractivity contribution is -0.0500. The summed E-state index contributed by atoms with van der Waals surface area (Å²) in [5.41, 5.74) is 0.870. The first-order valence-corrected chi connectivity index (χ1v) is 9.80. The van der Waals surface area contributed by atoms with Crippen molar-refractivity contribution in [1.82, 2.24) is 0 Å². The third-order valence-corrected chi connectivity index (χ3v) is 5.06. The summed E-state index contributed by atoms with van der Waals surface area (Å²) in [5.74, 6) is -0.762. The van der Waals surface area contributed by atoms with Gasteiger partial charge in [0.25, 0.3) is 0 Å². The summed E-state index contributed by atoms with van der Waals surface area (Å²) in [4.78, 5) is 25.0. The van der Waals surface area contributed by atoms with Crippen LogP contribution in [0.2, 0.25) is 0 Å². The standard InChI is InChI=1S/C23H13BrF2O5/c24-17-7-3-2-6-15(17)22(28)29-14-9-10-16-19(12-14)30-20(21(16)27)11-13-5-1-4-8-18(13)31-23(25)26/h1-12,23H/b20-11-. The molecular weight excluding hydrogens is 474 g/mol. The van der Waals surface area contributed by atoms with Crippen molar-refractivity contribution in [2.75, 3.05) is 0 Å². The van der Waals surface area contributed by atoms with E-state index in [2.05, 4.69) is 20.7 Å². The Hall–Kier alpha value is -3.52. The van der Waals surface area contributed by atoms with Crippen LogP contribution in [0.15, 0.2) is 77.0 Å². The van der Waals surface area contributed by atoms with Crippen LogP contribution in [0.4, 0.5) is 8.78 Å². The van der Waals surface area contributed by atoms with Gasteiger partial charge in [0, 0.05) is 16.1 Å². The fraction of sp³-hybridized carbons (Fsp3) is 0.0435. The number of allylic oxidation sites excluding steroid dienone is 1. The monoisotopic (exact) mass is 486 g/mol. The number of hydrogen-bond donors (Lipinski definition) is 0. The zero-order valence-electron chi connectivity index (χ0n) is 15.7. The van der Waals surface area contributed by atoms with Crippen LogP contribution in [0.25, 0.3) is 6.08 Å². The number of hydrogen-bond acceptors (Lipinski definition) is 5. The molecule has 0 atom stereocenters. The molecule has 0 saturated heterocycles. The first kappa shape index (κ1) is 20.7. The summed E-state index contributed by atoms with van der Waals surface area (Å²) in [6.07, 6.45) is 1.33. The lowest BCUT2D eigenvalue weighted by Gasteiger charge is -2.08. The minimum Gasteiger partial charge on any atom is -0.452 e. The highest BCUT2D eigenvalue weighted by atomic mass is 79.9. The smallest absolute Gasteiger partial charge is 0.387 e. The van der Waals surface area contributed by atoms with Crippen molar-refractivity contribution in [3.8, 4) is 17.2 Å². The Morgan fingerprint density at radius 1 is 1.03 bits per heavy atom. The fourth-order valence-corrected chi connectivity index (χ4v) is 3.41. The second-order valence-corrected chi connectivity index (χ2v) is 7.24. The molecule has 0 N–H and O–H groups in total. The average molecular weight is 487 g/mol. The predicted octanol–water partition coefficient (Wildman–Crippen LogP) is 5.89. The van der Waals surface area contributed by atoms with Crippen molar-refractivity contribution in [1.29, 1.82) is 0 Å². The van der Waals surface area contributed by atoms with Gasteiger partial charge in [0.15, 0.2) is 5.76 Å². The van der Waals surface area contributed by atoms with E-state index in [0.717, 1.165) is 0 Å². The van der Waals surface area contributed by atoms with Gasteiger partial charge in [-0.3, -0.25) is 4.79 Å². The summed E-state index contributed by atoms with van der Waals surface area (Å²) in [6.45, 7) is -3.00. The highest BCUT2D eigenvalue weighted by molar-refractivity contribution is 9.10. The molecule has 4 rings (SSSR count). The van der Waals surface area contributed by atoms with Crippen LogP contribution < -0.4 is 14.2 Å². The fourth-order valence-electron chi connectivity index (χ4n) is 2.96. The van der Waals surface area contributed by atoms with Crippen LogP contribution in [0.1, 0.15) is 26.3 Å². The van der Waals surface area contributed by atoms with Crippen molar-refractivity contribution in [2.24, 2.45) is 0 Å². The van der Waals surface area contributed by atoms with Gasteiger partial charge in [-0.25, -0.2) is 4.79 Å². The number of fused-ring (bicyclic) bond motifs is 1. The lowest BCUT2D eigenvalue weighted by atomic mass is 10.1. The molecule has 0 radical (unpaired) electrons. The Bertz CT molecular complexity index is 1210. The highest BCUT2D eigenvalue weighted by Crippen LogP contribution is 2.36. The lowest BCUT2D eigenvalue weighted by Crippen LogP contribution is -2.09. The molecule has 1 aliphatic heterocycles. The Balaban J connectivity index is 1.57. The van der Waals surface area contributed by atoms with Crippen LogP contribution in [0.5, 0.6) is 17.2 Å². The van der Waals surface area contributed by atoms with Crippen molar-refractivity contribution in [2.45, 2.75) is 6.61 Å². The summed E-state index contributed by atoms with van der Waals surface area (Å²) >= 11 is 3.29. The maximum Gasteiger partial charge on any atom is 0.387 e. The van der Waals surface area contributed by atoms with Crippen molar-refractivity contribution in [3.05, 3.63) is 93.7 Å². The van der Waals surface area contributed by atoms with Crippen molar-refractivity contribution >= 4 is 33.8 Å². The van der Waals surface area contributed by atoms with E-state index in [1.54, 1.807) is 30.3 Å². The molecule has 1 aliphatic rings. The van der Waals surface area contributed by atoms with Crippen LogP contribution in [0, 0.1) is 0 Å². The second kappa shape index (κ2) is 8.69. The number of alkyl halides is 2. The van der Waals surface area contributed by atoms with E-state index in [4.69, 9.17) is 9.47 Å². The Morgan fingerprint density at radius 2 is 1.77 bits per heavy atom. The van der Waals surface area contributed by atoms with E-state index in [1.165, 1.54) is 42.5 Å². The van der Waals surface area contributed by atoms with Gasteiger partial charge in [0.2, 0.25) is 5.78 Å². The number of benzene rings is 3. The summed E-state index contributed by atoms with van der Waals surface area (Å²) in [7, 11) is 0. The predicted molar refractivity (Wildman–Crippen MR) is 112 cm³/mol. The molecule has 0 bridgehead atoms. The number of esters is 1. The molecule has 5 nitrogen and oxygen atoms in total. The van der Waals surface area contributed by atoms with E-state index >= 15 is 0 Å². The molecule has 1 heterocycles. The summed E-state index contributed by atoms with van der Waals surface area (Å²) in [6, 6.07) is 17.2. The molecule has 0 aromatic heterocycles. The number of halogens is 3. The number of para-hydroxylation sites is 1. The highest BCUT2D eigenvalue weighted by Gasteiger charge is 2.28. The van der Waals surface area contributed by atoms with Crippen molar-refractivity contribution in [3.63, 3.8) is 0 Å². The molecule has 0 aliphatic carbocycles. The van der Waals surface area contributed by atoms with Crippen LogP contribution in [-0.2, 0) is 0 Å². The normalized spacial score (nSPS) is 13.8. The Kier molecular flexibility index (Phi) is 5.81. The molecule has 31 heavy (non-hydrogen) atoms. The molecule has 8 heteroatoms. The number of rotatable bonds is 5. The number of ether oxygens (including phenoxy) is 3. The van der Waals surface area contributed by atoms with Gasteiger partial charge >= 0.3 is 12.6 Å². The first-order valence-electron chi connectivity index (χ1n) is 9.01. The van der Waals surface area contributed by atoms with Crippen molar-refractivity contribution < 1.29 is 32.6 Å². The van der Waals surface area contributed by atoms with Gasteiger partial charge < -0.3 is 14.2 Å². The van der Waals surface area contributed by atoms with Gasteiger partial charge in [0.1, 0.15) is 17.2 Å². The van der Waals surface area contributed by atoms with E-state index in [-0.39, 0.29) is 34.1 Å². The molecule has 0 amide bonds. The van der Waals surface area contributed by atoms with E-state index in [0.29, 0.717) is 10.0 Å². The molecule has 0 fully saturated rings. The third kappa shape index (κ3) is 4.49. The van der Waals surface area contributed by atoms with Crippen LogP contribution in [0.3, 0.4) is 0 Å².